The fourth-order valence-electron chi connectivity index (χ4n) is 2.36. The number of nitrogens with zero attached hydrogens (tertiary/aromatic N) is 3. The van der Waals surface area contributed by atoms with Crippen molar-refractivity contribution in [3.05, 3.63) is 24.1 Å². The fourth-order valence-corrected chi connectivity index (χ4v) is 2.36. The van der Waals surface area contributed by atoms with E-state index in [4.69, 9.17) is 0 Å². The SMILES string of the molecule is Cn1c(N2CCNCC2)cc2ncc(F)cc21. The van der Waals surface area contributed by atoms with Gasteiger partial charge < -0.3 is 14.8 Å². The molecule has 0 aromatic carbocycles. The minimum absolute atomic E-state index is 0.287. The number of aromatic nitrogens is 2. The van der Waals surface area contributed by atoms with Crippen LogP contribution in [-0.4, -0.2) is 35.7 Å². The van der Waals surface area contributed by atoms with Crippen LogP contribution < -0.4 is 10.2 Å². The summed E-state index contributed by atoms with van der Waals surface area (Å²) in [6.07, 6.45) is 1.27. The molecule has 2 aromatic rings. The van der Waals surface area contributed by atoms with Crippen LogP contribution in [0, 0.1) is 5.82 Å². The van der Waals surface area contributed by atoms with Crippen molar-refractivity contribution in [3.8, 4) is 0 Å². The standard InChI is InChI=1S/C12H15FN4/c1-16-11-6-9(13)8-15-10(11)7-12(16)17-4-2-14-3-5-17/h6-8,14H,2-5H2,1H3. The smallest absolute Gasteiger partial charge is 0.143 e. The lowest BCUT2D eigenvalue weighted by Crippen LogP contribution is -2.44. The topological polar surface area (TPSA) is 33.1 Å². The van der Waals surface area contributed by atoms with Gasteiger partial charge in [0.05, 0.1) is 17.2 Å². The molecule has 0 aliphatic carbocycles. The summed E-state index contributed by atoms with van der Waals surface area (Å²) in [5.41, 5.74) is 1.70. The second kappa shape index (κ2) is 4.00. The first kappa shape index (κ1) is 10.5. The number of aryl methyl sites for hydroxylation is 1. The molecule has 1 aliphatic rings. The first-order valence-corrected chi connectivity index (χ1v) is 5.82. The van der Waals surface area contributed by atoms with Gasteiger partial charge in [0.25, 0.3) is 0 Å². The predicted octanol–water partition coefficient (Wildman–Crippen LogP) is 1.12. The number of fused-ring (bicyclic) bond motifs is 1. The van der Waals surface area contributed by atoms with Crippen molar-refractivity contribution < 1.29 is 4.39 Å². The van der Waals surface area contributed by atoms with Crippen LogP contribution >= 0.6 is 0 Å². The molecule has 0 amide bonds. The van der Waals surface area contributed by atoms with Gasteiger partial charge in [-0.15, -0.1) is 0 Å². The summed E-state index contributed by atoms with van der Waals surface area (Å²) >= 11 is 0. The maximum Gasteiger partial charge on any atom is 0.143 e. The maximum atomic E-state index is 13.2. The lowest BCUT2D eigenvalue weighted by atomic mass is 10.3. The zero-order chi connectivity index (χ0) is 11.8. The van der Waals surface area contributed by atoms with Gasteiger partial charge >= 0.3 is 0 Å². The maximum absolute atomic E-state index is 13.2. The van der Waals surface area contributed by atoms with E-state index in [-0.39, 0.29) is 5.82 Å². The Labute approximate surface area is 99.0 Å². The predicted molar refractivity (Wildman–Crippen MR) is 65.8 cm³/mol. The van der Waals surface area contributed by atoms with Crippen molar-refractivity contribution in [1.82, 2.24) is 14.9 Å². The van der Waals surface area contributed by atoms with Crippen molar-refractivity contribution in [2.45, 2.75) is 0 Å². The summed E-state index contributed by atoms with van der Waals surface area (Å²) in [5.74, 6) is 0.824. The normalized spacial score (nSPS) is 16.7. The highest BCUT2D eigenvalue weighted by atomic mass is 19.1. The van der Waals surface area contributed by atoms with E-state index in [0.717, 1.165) is 43.0 Å². The minimum Gasteiger partial charge on any atom is -0.355 e. The van der Waals surface area contributed by atoms with Crippen LogP contribution in [0.5, 0.6) is 0 Å². The van der Waals surface area contributed by atoms with E-state index < -0.39 is 0 Å². The molecule has 1 saturated heterocycles. The van der Waals surface area contributed by atoms with Gasteiger partial charge in [0.1, 0.15) is 11.6 Å². The first-order valence-electron chi connectivity index (χ1n) is 5.82. The van der Waals surface area contributed by atoms with Gasteiger partial charge in [-0.2, -0.15) is 0 Å². The van der Waals surface area contributed by atoms with Gasteiger partial charge in [0, 0.05) is 45.4 Å². The van der Waals surface area contributed by atoms with E-state index in [1.165, 1.54) is 12.3 Å². The lowest BCUT2D eigenvalue weighted by Gasteiger charge is -2.29. The molecule has 1 fully saturated rings. The minimum atomic E-state index is -0.287. The summed E-state index contributed by atoms with van der Waals surface area (Å²) in [5, 5.41) is 3.32. The zero-order valence-electron chi connectivity index (χ0n) is 9.78. The molecule has 1 N–H and O–H groups in total. The Morgan fingerprint density at radius 2 is 2.06 bits per heavy atom. The Morgan fingerprint density at radius 1 is 1.29 bits per heavy atom. The third-order valence-electron chi connectivity index (χ3n) is 3.28. The van der Waals surface area contributed by atoms with Gasteiger partial charge in [-0.05, 0) is 0 Å². The van der Waals surface area contributed by atoms with Crippen LogP contribution in [0.25, 0.3) is 11.0 Å². The average molecular weight is 234 g/mol. The second-order valence-electron chi connectivity index (χ2n) is 4.36. The first-order chi connectivity index (χ1) is 8.25. The van der Waals surface area contributed by atoms with Crippen LogP contribution in [0.1, 0.15) is 0 Å². The lowest BCUT2D eigenvalue weighted by molar-refractivity contribution is 0.580. The van der Waals surface area contributed by atoms with Gasteiger partial charge in [-0.3, -0.25) is 4.98 Å². The Bertz CT molecular complexity index is 543. The Kier molecular flexibility index (Phi) is 2.48. The molecular weight excluding hydrogens is 219 g/mol. The van der Waals surface area contributed by atoms with E-state index >= 15 is 0 Å². The highest BCUT2D eigenvalue weighted by Gasteiger charge is 2.16. The summed E-state index contributed by atoms with van der Waals surface area (Å²) in [6, 6.07) is 3.56. The average Bonchev–Trinajstić information content (AvgIpc) is 2.68. The summed E-state index contributed by atoms with van der Waals surface area (Å²) in [7, 11) is 1.96. The quantitative estimate of drug-likeness (QED) is 0.802. The molecule has 0 radical (unpaired) electrons. The van der Waals surface area contributed by atoms with Crippen LogP contribution in [-0.2, 0) is 7.05 Å². The number of anilines is 1. The molecule has 0 unspecified atom stereocenters. The molecule has 90 valence electrons. The largest absolute Gasteiger partial charge is 0.355 e. The highest BCUT2D eigenvalue weighted by Crippen LogP contribution is 2.24. The second-order valence-corrected chi connectivity index (χ2v) is 4.36. The summed E-state index contributed by atoms with van der Waals surface area (Å²) in [4.78, 5) is 6.42. The molecule has 1 aliphatic heterocycles. The fraction of sp³-hybridized carbons (Fsp3) is 0.417. The summed E-state index contributed by atoms with van der Waals surface area (Å²) in [6.45, 7) is 3.94. The van der Waals surface area contributed by atoms with E-state index in [1.54, 1.807) is 0 Å². The Balaban J connectivity index is 2.07. The number of hydrogen-bond acceptors (Lipinski definition) is 3. The third-order valence-corrected chi connectivity index (χ3v) is 3.28. The molecule has 5 heteroatoms. The molecule has 2 aromatic heterocycles. The number of hydrogen-bond donors (Lipinski definition) is 1. The zero-order valence-corrected chi connectivity index (χ0v) is 9.78. The van der Waals surface area contributed by atoms with Gasteiger partial charge in [0.15, 0.2) is 0 Å². The van der Waals surface area contributed by atoms with Crippen LogP contribution in [0.15, 0.2) is 18.3 Å². The van der Waals surface area contributed by atoms with Gasteiger partial charge in [-0.25, -0.2) is 4.39 Å². The molecule has 3 rings (SSSR count). The van der Waals surface area contributed by atoms with E-state index in [9.17, 15) is 4.39 Å². The van der Waals surface area contributed by atoms with Gasteiger partial charge in [-0.1, -0.05) is 0 Å². The molecule has 0 atom stereocenters. The number of pyridine rings is 1. The Morgan fingerprint density at radius 3 is 2.82 bits per heavy atom. The van der Waals surface area contributed by atoms with E-state index in [2.05, 4.69) is 15.2 Å². The van der Waals surface area contributed by atoms with Crippen molar-refractivity contribution in [2.24, 2.45) is 7.05 Å². The molecule has 0 bridgehead atoms. The molecule has 17 heavy (non-hydrogen) atoms. The Hall–Kier alpha value is -1.62. The third kappa shape index (κ3) is 1.76. The molecule has 0 saturated carbocycles. The van der Waals surface area contributed by atoms with Gasteiger partial charge in [0.2, 0.25) is 0 Å². The highest BCUT2D eigenvalue weighted by molar-refractivity contribution is 5.81. The van der Waals surface area contributed by atoms with E-state index in [1.807, 2.05) is 17.7 Å². The number of piperazine rings is 1. The molecule has 3 heterocycles. The van der Waals surface area contributed by atoms with Crippen LogP contribution in [0.2, 0.25) is 0 Å². The van der Waals surface area contributed by atoms with Crippen molar-refractivity contribution in [1.29, 1.82) is 0 Å². The van der Waals surface area contributed by atoms with E-state index in [0.29, 0.717) is 0 Å². The molecule has 4 nitrogen and oxygen atoms in total. The molecular formula is C12H15FN4. The van der Waals surface area contributed by atoms with Crippen molar-refractivity contribution in [2.75, 3.05) is 31.1 Å². The van der Waals surface area contributed by atoms with Crippen molar-refractivity contribution in [3.63, 3.8) is 0 Å². The number of nitrogens with one attached hydrogen (secondary N) is 1. The van der Waals surface area contributed by atoms with Crippen LogP contribution in [0.4, 0.5) is 10.2 Å². The van der Waals surface area contributed by atoms with Crippen LogP contribution in [0.3, 0.4) is 0 Å². The summed E-state index contributed by atoms with van der Waals surface area (Å²) < 4.78 is 15.2. The monoisotopic (exact) mass is 234 g/mol. The molecule has 0 spiro atoms. The number of halogens is 1. The number of rotatable bonds is 1. The van der Waals surface area contributed by atoms with Crippen molar-refractivity contribution >= 4 is 16.9 Å².